The molecule has 0 unspecified atom stereocenters. The van der Waals surface area contributed by atoms with Gasteiger partial charge in [0.1, 0.15) is 0 Å². The van der Waals surface area contributed by atoms with Gasteiger partial charge in [0.15, 0.2) is 0 Å². The maximum Gasteiger partial charge on any atom is 0.241 e. The van der Waals surface area contributed by atoms with Crippen LogP contribution >= 0.6 is 11.8 Å². The van der Waals surface area contributed by atoms with Crippen molar-refractivity contribution in [2.45, 2.75) is 14.9 Å². The van der Waals surface area contributed by atoms with Crippen molar-refractivity contribution in [3.63, 3.8) is 0 Å². The molecule has 2 rings (SSSR count). The number of hydrogen-bond acceptors (Lipinski definition) is 7. The van der Waals surface area contributed by atoms with Gasteiger partial charge in [-0.15, -0.1) is 5.10 Å². The number of hydrogen-bond donors (Lipinski definition) is 2. The maximum absolute atomic E-state index is 11.9. The SMILES string of the molecule is CNS(=O)(=O)c1cc(N)ccc1Sc1nnnn1C. The van der Waals surface area contributed by atoms with E-state index < -0.39 is 10.0 Å². The summed E-state index contributed by atoms with van der Waals surface area (Å²) in [4.78, 5) is 0.601. The molecule has 0 bridgehead atoms. The van der Waals surface area contributed by atoms with Gasteiger partial charge in [0.25, 0.3) is 0 Å². The number of anilines is 1. The van der Waals surface area contributed by atoms with Gasteiger partial charge in [-0.05, 0) is 47.4 Å². The van der Waals surface area contributed by atoms with E-state index in [2.05, 4.69) is 20.2 Å². The first-order valence-corrected chi connectivity index (χ1v) is 7.47. The number of tetrazole rings is 1. The number of nitrogens with two attached hydrogens (primary N) is 1. The molecule has 0 aliphatic carbocycles. The van der Waals surface area contributed by atoms with Crippen LogP contribution in [-0.2, 0) is 17.1 Å². The lowest BCUT2D eigenvalue weighted by Gasteiger charge is -2.09. The number of rotatable bonds is 4. The summed E-state index contributed by atoms with van der Waals surface area (Å²) >= 11 is 1.15. The van der Waals surface area contributed by atoms with Crippen molar-refractivity contribution in [2.75, 3.05) is 12.8 Å². The fraction of sp³-hybridized carbons (Fsp3) is 0.222. The quantitative estimate of drug-likeness (QED) is 0.754. The summed E-state index contributed by atoms with van der Waals surface area (Å²) < 4.78 is 27.6. The highest BCUT2D eigenvalue weighted by Gasteiger charge is 2.19. The Labute approximate surface area is 114 Å². The number of aromatic nitrogens is 4. The molecule has 2 aromatic rings. The van der Waals surface area contributed by atoms with Crippen LogP contribution in [0.4, 0.5) is 5.69 Å². The minimum absolute atomic E-state index is 0.100. The lowest BCUT2D eigenvalue weighted by Crippen LogP contribution is -2.19. The van der Waals surface area contributed by atoms with E-state index in [1.54, 1.807) is 19.2 Å². The second-order valence-corrected chi connectivity index (χ2v) is 6.46. The van der Waals surface area contributed by atoms with Crippen LogP contribution < -0.4 is 10.5 Å². The normalized spacial score (nSPS) is 11.7. The molecule has 0 saturated heterocycles. The first-order chi connectivity index (χ1) is 8.94. The molecule has 0 amide bonds. The van der Waals surface area contributed by atoms with E-state index in [-0.39, 0.29) is 4.90 Å². The third-order valence-corrected chi connectivity index (χ3v) is 5.00. The average Bonchev–Trinajstić information content (AvgIpc) is 2.77. The van der Waals surface area contributed by atoms with Gasteiger partial charge in [-0.2, -0.15) is 0 Å². The topological polar surface area (TPSA) is 116 Å². The standard InChI is InChI=1S/C9H12N6O2S2/c1-11-19(16,17)8-5-6(10)3-4-7(8)18-9-12-13-14-15(9)2/h3-5,11H,10H2,1-2H3. The van der Waals surface area contributed by atoms with E-state index in [1.807, 2.05) is 0 Å². The molecule has 0 aliphatic rings. The molecule has 102 valence electrons. The van der Waals surface area contributed by atoms with Crippen LogP contribution in [0.1, 0.15) is 0 Å². The number of nitrogen functional groups attached to an aromatic ring is 1. The second-order valence-electron chi connectivity index (χ2n) is 3.60. The van der Waals surface area contributed by atoms with Crippen molar-refractivity contribution in [1.82, 2.24) is 24.9 Å². The van der Waals surface area contributed by atoms with Gasteiger partial charge >= 0.3 is 0 Å². The molecule has 1 aromatic heterocycles. The molecule has 10 heteroatoms. The first-order valence-electron chi connectivity index (χ1n) is 5.17. The van der Waals surface area contributed by atoms with Crippen LogP contribution in [0.5, 0.6) is 0 Å². The maximum atomic E-state index is 11.9. The summed E-state index contributed by atoms with van der Waals surface area (Å²) in [6, 6.07) is 4.65. The summed E-state index contributed by atoms with van der Waals surface area (Å²) in [5, 5.41) is 11.5. The number of sulfonamides is 1. The minimum atomic E-state index is -3.60. The minimum Gasteiger partial charge on any atom is -0.399 e. The van der Waals surface area contributed by atoms with E-state index in [0.29, 0.717) is 15.7 Å². The molecule has 19 heavy (non-hydrogen) atoms. The molecule has 0 atom stereocenters. The predicted octanol–water partition coefficient (Wildman–Crippen LogP) is -0.148. The Bertz CT molecular complexity index is 696. The zero-order valence-electron chi connectivity index (χ0n) is 10.2. The zero-order valence-corrected chi connectivity index (χ0v) is 11.9. The highest BCUT2D eigenvalue weighted by molar-refractivity contribution is 8.00. The summed E-state index contributed by atoms with van der Waals surface area (Å²) in [6.45, 7) is 0. The van der Waals surface area contributed by atoms with Gasteiger partial charge in [0, 0.05) is 17.6 Å². The predicted molar refractivity (Wildman–Crippen MR) is 70.0 cm³/mol. The lowest BCUT2D eigenvalue weighted by molar-refractivity contribution is 0.586. The van der Waals surface area contributed by atoms with Crippen molar-refractivity contribution in [3.05, 3.63) is 18.2 Å². The zero-order chi connectivity index (χ0) is 14.0. The highest BCUT2D eigenvalue weighted by Crippen LogP contribution is 2.32. The van der Waals surface area contributed by atoms with Crippen molar-refractivity contribution >= 4 is 27.5 Å². The average molecular weight is 300 g/mol. The largest absolute Gasteiger partial charge is 0.399 e. The Morgan fingerprint density at radius 1 is 1.42 bits per heavy atom. The Morgan fingerprint density at radius 2 is 2.16 bits per heavy atom. The number of nitrogens with one attached hydrogen (secondary N) is 1. The van der Waals surface area contributed by atoms with Crippen LogP contribution in [0.25, 0.3) is 0 Å². The van der Waals surface area contributed by atoms with E-state index >= 15 is 0 Å². The summed E-state index contributed by atoms with van der Waals surface area (Å²) in [6.07, 6.45) is 0. The molecule has 1 aromatic carbocycles. The lowest BCUT2D eigenvalue weighted by atomic mass is 10.3. The Morgan fingerprint density at radius 3 is 2.74 bits per heavy atom. The Hall–Kier alpha value is -1.65. The fourth-order valence-electron chi connectivity index (χ4n) is 1.33. The molecule has 8 nitrogen and oxygen atoms in total. The second kappa shape index (κ2) is 5.15. The number of benzene rings is 1. The fourth-order valence-corrected chi connectivity index (χ4v) is 3.37. The monoisotopic (exact) mass is 300 g/mol. The van der Waals surface area contributed by atoms with Crippen molar-refractivity contribution < 1.29 is 8.42 Å². The smallest absolute Gasteiger partial charge is 0.241 e. The molecule has 3 N–H and O–H groups in total. The van der Waals surface area contributed by atoms with Gasteiger partial charge in [-0.1, -0.05) is 0 Å². The molecule has 1 heterocycles. The van der Waals surface area contributed by atoms with E-state index in [0.717, 1.165) is 11.8 Å². The Balaban J connectivity index is 2.49. The van der Waals surface area contributed by atoms with Gasteiger partial charge < -0.3 is 5.73 Å². The van der Waals surface area contributed by atoms with E-state index in [9.17, 15) is 8.42 Å². The molecular formula is C9H12N6O2S2. The molecule has 0 radical (unpaired) electrons. The number of aryl methyl sites for hydroxylation is 1. The first kappa shape index (κ1) is 13.8. The van der Waals surface area contributed by atoms with Crippen molar-refractivity contribution in [1.29, 1.82) is 0 Å². The van der Waals surface area contributed by atoms with Crippen LogP contribution in [0.2, 0.25) is 0 Å². The molecular weight excluding hydrogens is 288 g/mol. The van der Waals surface area contributed by atoms with Crippen molar-refractivity contribution in [3.8, 4) is 0 Å². The third-order valence-electron chi connectivity index (χ3n) is 2.31. The molecule has 0 saturated carbocycles. The molecule has 0 fully saturated rings. The Kier molecular flexibility index (Phi) is 3.73. The molecule has 0 aliphatic heterocycles. The van der Waals surface area contributed by atoms with Crippen molar-refractivity contribution in [2.24, 2.45) is 7.05 Å². The van der Waals surface area contributed by atoms with Crippen LogP contribution in [0.15, 0.2) is 33.1 Å². The van der Waals surface area contributed by atoms with Crippen LogP contribution in [0, 0.1) is 0 Å². The third kappa shape index (κ3) is 2.85. The summed E-state index contributed by atoms with van der Waals surface area (Å²) in [7, 11) is -0.579. The molecule has 0 spiro atoms. The van der Waals surface area contributed by atoms with Gasteiger partial charge in [-0.3, -0.25) is 0 Å². The van der Waals surface area contributed by atoms with Crippen LogP contribution in [0.3, 0.4) is 0 Å². The van der Waals surface area contributed by atoms with Gasteiger partial charge in [0.2, 0.25) is 15.2 Å². The summed E-state index contributed by atoms with van der Waals surface area (Å²) in [5.41, 5.74) is 6.00. The van der Waals surface area contributed by atoms with Gasteiger partial charge in [-0.25, -0.2) is 17.8 Å². The van der Waals surface area contributed by atoms with Gasteiger partial charge in [0.05, 0.1) is 4.90 Å². The van der Waals surface area contributed by atoms with Crippen LogP contribution in [-0.4, -0.2) is 35.7 Å². The van der Waals surface area contributed by atoms with E-state index in [4.69, 9.17) is 5.73 Å². The summed E-state index contributed by atoms with van der Waals surface area (Å²) in [5.74, 6) is 0. The number of nitrogens with zero attached hydrogens (tertiary/aromatic N) is 4. The highest BCUT2D eigenvalue weighted by atomic mass is 32.2. The van der Waals surface area contributed by atoms with E-state index in [1.165, 1.54) is 17.8 Å².